The molecular weight excluding hydrogens is 257 g/mol. The van der Waals surface area contributed by atoms with Crippen LogP contribution in [0.3, 0.4) is 0 Å². The highest BCUT2D eigenvalue weighted by atomic mass is 32.2. The number of sulfone groups is 1. The van der Waals surface area contributed by atoms with E-state index in [1.807, 2.05) is 0 Å². The van der Waals surface area contributed by atoms with E-state index < -0.39 is 42.7 Å². The van der Waals surface area contributed by atoms with E-state index in [9.17, 15) is 27.7 Å². The van der Waals surface area contributed by atoms with Gasteiger partial charge in [0.2, 0.25) is 0 Å². The maximum atomic E-state index is 13.3. The number of hydrogen-bond acceptors (Lipinski definition) is 5. The Morgan fingerprint density at radius 1 is 1.47 bits per heavy atom. The smallest absolute Gasteiger partial charge is 0.342 e. The Kier molecular flexibility index (Phi) is 3.14. The monoisotopic (exact) mass is 263 g/mol. The van der Waals surface area contributed by atoms with Crippen LogP contribution in [-0.2, 0) is 9.84 Å². The van der Waals surface area contributed by atoms with Crippen molar-refractivity contribution in [3.05, 3.63) is 33.6 Å². The number of rotatable bonds is 3. The van der Waals surface area contributed by atoms with Gasteiger partial charge in [0.25, 0.3) is 5.69 Å². The average Bonchev–Trinajstić information content (AvgIpc) is 2.14. The van der Waals surface area contributed by atoms with Gasteiger partial charge in [-0.05, 0) is 6.07 Å². The topological polar surface area (TPSA) is 115 Å². The fourth-order valence-corrected chi connectivity index (χ4v) is 1.89. The summed E-state index contributed by atoms with van der Waals surface area (Å²) in [5.41, 5.74) is -1.88. The molecular formula is C8H6FNO6S. The summed E-state index contributed by atoms with van der Waals surface area (Å²) < 4.78 is 35.5. The fourth-order valence-electron chi connectivity index (χ4n) is 1.15. The summed E-state index contributed by atoms with van der Waals surface area (Å²) in [6, 6.07) is 0.713. The molecule has 92 valence electrons. The zero-order valence-electron chi connectivity index (χ0n) is 8.38. The highest BCUT2D eigenvalue weighted by Crippen LogP contribution is 2.25. The molecule has 0 aliphatic carbocycles. The normalized spacial score (nSPS) is 11.2. The van der Waals surface area contributed by atoms with Crippen molar-refractivity contribution in [3.63, 3.8) is 0 Å². The molecule has 0 fully saturated rings. The number of nitro groups is 1. The lowest BCUT2D eigenvalue weighted by Crippen LogP contribution is -2.08. The first kappa shape index (κ1) is 13.0. The zero-order chi connectivity index (χ0) is 13.4. The van der Waals surface area contributed by atoms with Gasteiger partial charge >= 0.3 is 5.97 Å². The average molecular weight is 263 g/mol. The lowest BCUT2D eigenvalue weighted by molar-refractivity contribution is -0.385. The Bertz CT molecular complexity index is 609. The van der Waals surface area contributed by atoms with Crippen molar-refractivity contribution < 1.29 is 27.6 Å². The Morgan fingerprint density at radius 3 is 2.35 bits per heavy atom. The molecule has 0 unspecified atom stereocenters. The van der Waals surface area contributed by atoms with Crippen LogP contribution in [0.25, 0.3) is 0 Å². The van der Waals surface area contributed by atoms with Gasteiger partial charge in [-0.25, -0.2) is 17.6 Å². The second-order valence-electron chi connectivity index (χ2n) is 3.13. The van der Waals surface area contributed by atoms with E-state index in [1.54, 1.807) is 0 Å². The van der Waals surface area contributed by atoms with E-state index in [-0.39, 0.29) is 0 Å². The predicted molar refractivity (Wildman–Crippen MR) is 53.1 cm³/mol. The number of nitrogens with zero attached hydrogens (tertiary/aromatic N) is 1. The summed E-state index contributed by atoms with van der Waals surface area (Å²) >= 11 is 0. The van der Waals surface area contributed by atoms with Crippen molar-refractivity contribution in [2.45, 2.75) is 4.90 Å². The molecule has 1 N–H and O–H groups in total. The van der Waals surface area contributed by atoms with Gasteiger partial charge in [-0.1, -0.05) is 0 Å². The van der Waals surface area contributed by atoms with Crippen LogP contribution in [0.4, 0.5) is 10.1 Å². The minimum atomic E-state index is -4.00. The number of halogens is 1. The molecule has 0 spiro atoms. The van der Waals surface area contributed by atoms with Gasteiger partial charge in [0, 0.05) is 12.3 Å². The van der Waals surface area contributed by atoms with E-state index in [0.717, 1.165) is 0 Å². The second kappa shape index (κ2) is 4.09. The summed E-state index contributed by atoms with van der Waals surface area (Å²) in [6.45, 7) is 0. The third-order valence-electron chi connectivity index (χ3n) is 1.88. The first-order valence-corrected chi connectivity index (χ1v) is 5.95. The molecule has 17 heavy (non-hydrogen) atoms. The van der Waals surface area contributed by atoms with Gasteiger partial charge in [-0.3, -0.25) is 10.1 Å². The van der Waals surface area contributed by atoms with Crippen molar-refractivity contribution in [3.8, 4) is 0 Å². The SMILES string of the molecule is CS(=O)(=O)c1cc([N+](=O)[O-])c(C(=O)O)cc1F. The minimum Gasteiger partial charge on any atom is -0.477 e. The van der Waals surface area contributed by atoms with Crippen LogP contribution in [0.5, 0.6) is 0 Å². The Morgan fingerprint density at radius 2 is 2.00 bits per heavy atom. The molecule has 0 aromatic heterocycles. The third-order valence-corrected chi connectivity index (χ3v) is 2.99. The van der Waals surface area contributed by atoms with E-state index in [2.05, 4.69) is 0 Å². The standard InChI is InChI=1S/C8H6FNO6S/c1-17(15,16)7-3-6(10(13)14)4(8(11)12)2-5(7)9/h2-3H,1H3,(H,11,12). The van der Waals surface area contributed by atoms with E-state index in [1.165, 1.54) is 0 Å². The largest absolute Gasteiger partial charge is 0.477 e. The summed E-state index contributed by atoms with van der Waals surface area (Å²) in [4.78, 5) is 19.2. The molecule has 0 radical (unpaired) electrons. The number of nitro benzene ring substituents is 1. The zero-order valence-corrected chi connectivity index (χ0v) is 9.19. The maximum Gasteiger partial charge on any atom is 0.342 e. The Balaban J connectivity index is 3.69. The number of benzene rings is 1. The molecule has 0 saturated heterocycles. The summed E-state index contributed by atoms with van der Waals surface area (Å²) in [7, 11) is -4.00. The molecule has 0 bridgehead atoms. The molecule has 0 saturated carbocycles. The van der Waals surface area contributed by atoms with Crippen molar-refractivity contribution in [2.24, 2.45) is 0 Å². The highest BCUT2D eigenvalue weighted by molar-refractivity contribution is 7.90. The predicted octanol–water partition coefficient (Wildman–Crippen LogP) is 0.836. The third kappa shape index (κ3) is 2.56. The van der Waals surface area contributed by atoms with Gasteiger partial charge in [-0.15, -0.1) is 0 Å². The van der Waals surface area contributed by atoms with Crippen molar-refractivity contribution in [1.29, 1.82) is 0 Å². The minimum absolute atomic E-state index is 0.316. The number of carboxylic acids is 1. The molecule has 0 aliphatic heterocycles. The van der Waals surface area contributed by atoms with Crippen LogP contribution < -0.4 is 0 Å². The number of hydrogen-bond donors (Lipinski definition) is 1. The first-order chi connectivity index (χ1) is 7.64. The van der Waals surface area contributed by atoms with Gasteiger partial charge in [0.15, 0.2) is 9.84 Å². The molecule has 0 heterocycles. The molecule has 7 nitrogen and oxygen atoms in total. The molecule has 0 atom stereocenters. The van der Waals surface area contributed by atoms with Crippen LogP contribution >= 0.6 is 0 Å². The number of aromatic carboxylic acids is 1. The van der Waals surface area contributed by atoms with Gasteiger partial charge in [0.1, 0.15) is 16.3 Å². The van der Waals surface area contributed by atoms with Crippen molar-refractivity contribution in [1.82, 2.24) is 0 Å². The molecule has 0 amide bonds. The van der Waals surface area contributed by atoms with Crippen molar-refractivity contribution in [2.75, 3.05) is 6.26 Å². The van der Waals surface area contributed by atoms with Gasteiger partial charge in [0.05, 0.1) is 4.92 Å². The number of carbonyl (C=O) groups is 1. The quantitative estimate of drug-likeness (QED) is 0.638. The summed E-state index contributed by atoms with van der Waals surface area (Å²) in [6.07, 6.45) is 0.662. The fraction of sp³-hybridized carbons (Fsp3) is 0.125. The molecule has 1 aromatic rings. The molecule has 9 heteroatoms. The number of carboxylic acid groups (broad SMARTS) is 1. The van der Waals surface area contributed by atoms with E-state index in [0.29, 0.717) is 18.4 Å². The Hall–Kier alpha value is -2.03. The van der Waals surface area contributed by atoms with Crippen LogP contribution in [0.1, 0.15) is 10.4 Å². The lowest BCUT2D eigenvalue weighted by Gasteiger charge is -2.03. The molecule has 1 rings (SSSR count). The lowest BCUT2D eigenvalue weighted by atomic mass is 10.2. The van der Waals surface area contributed by atoms with Gasteiger partial charge in [-0.2, -0.15) is 0 Å². The van der Waals surface area contributed by atoms with Crippen LogP contribution in [0, 0.1) is 15.9 Å². The summed E-state index contributed by atoms with van der Waals surface area (Å²) in [5.74, 6) is -3.05. The van der Waals surface area contributed by atoms with Crippen LogP contribution in [0.2, 0.25) is 0 Å². The highest BCUT2D eigenvalue weighted by Gasteiger charge is 2.26. The van der Waals surface area contributed by atoms with Crippen LogP contribution in [0.15, 0.2) is 17.0 Å². The summed E-state index contributed by atoms with van der Waals surface area (Å²) in [5, 5.41) is 19.2. The molecule has 0 aliphatic rings. The van der Waals surface area contributed by atoms with Crippen LogP contribution in [-0.4, -0.2) is 30.7 Å². The first-order valence-electron chi connectivity index (χ1n) is 4.06. The Labute approximate surface area is 94.6 Å². The van der Waals surface area contributed by atoms with E-state index in [4.69, 9.17) is 5.11 Å². The van der Waals surface area contributed by atoms with Crippen molar-refractivity contribution >= 4 is 21.5 Å². The van der Waals surface area contributed by atoms with Gasteiger partial charge < -0.3 is 5.11 Å². The second-order valence-corrected chi connectivity index (χ2v) is 5.12. The maximum absolute atomic E-state index is 13.3. The van der Waals surface area contributed by atoms with E-state index >= 15 is 0 Å². The molecule has 1 aromatic carbocycles.